The average Bonchev–Trinajstić information content (AvgIpc) is 2.77. The molecule has 2 heterocycles. The van der Waals surface area contributed by atoms with Crippen molar-refractivity contribution < 1.29 is 4.79 Å². The summed E-state index contributed by atoms with van der Waals surface area (Å²) in [6.07, 6.45) is 0.907. The molecule has 1 amide bonds. The Morgan fingerprint density at radius 1 is 1.32 bits per heavy atom. The second-order valence-corrected chi connectivity index (χ2v) is 5.50. The van der Waals surface area contributed by atoms with Gasteiger partial charge in [-0.25, -0.2) is 4.98 Å². The van der Waals surface area contributed by atoms with Crippen LogP contribution < -0.4 is 4.90 Å². The number of amides is 1. The largest absolute Gasteiger partial charge is 0.296 e. The van der Waals surface area contributed by atoms with Gasteiger partial charge in [0.1, 0.15) is 5.82 Å². The van der Waals surface area contributed by atoms with E-state index in [0.717, 1.165) is 24.3 Å². The molecule has 0 unspecified atom stereocenters. The van der Waals surface area contributed by atoms with Crippen LogP contribution in [0.4, 0.5) is 5.82 Å². The Bertz CT molecular complexity index is 661. The Morgan fingerprint density at radius 3 is 2.79 bits per heavy atom. The SMILES string of the molecule is CC(=O)N1CCc2cc3cc(C(C)C)ccc3nc21. The molecule has 1 aromatic carbocycles. The van der Waals surface area contributed by atoms with Crippen LogP contribution in [0.25, 0.3) is 10.9 Å². The molecule has 0 saturated carbocycles. The molecule has 98 valence electrons. The van der Waals surface area contributed by atoms with Crippen LogP contribution in [0.15, 0.2) is 24.3 Å². The molecule has 0 N–H and O–H groups in total. The number of benzene rings is 1. The lowest BCUT2D eigenvalue weighted by Crippen LogP contribution is -2.26. The van der Waals surface area contributed by atoms with Gasteiger partial charge in [0, 0.05) is 18.9 Å². The molecule has 0 bridgehead atoms. The van der Waals surface area contributed by atoms with E-state index in [2.05, 4.69) is 43.1 Å². The third-order valence-corrected chi connectivity index (χ3v) is 3.80. The first-order chi connectivity index (χ1) is 9.06. The first-order valence-electron chi connectivity index (χ1n) is 6.78. The van der Waals surface area contributed by atoms with Crippen LogP contribution in [-0.4, -0.2) is 17.4 Å². The summed E-state index contributed by atoms with van der Waals surface area (Å²) >= 11 is 0. The van der Waals surface area contributed by atoms with Crippen molar-refractivity contribution >= 4 is 22.6 Å². The normalized spacial score (nSPS) is 14.2. The number of hydrogen-bond acceptors (Lipinski definition) is 2. The van der Waals surface area contributed by atoms with E-state index in [0.29, 0.717) is 5.92 Å². The van der Waals surface area contributed by atoms with Gasteiger partial charge in [0.2, 0.25) is 5.91 Å². The second-order valence-electron chi connectivity index (χ2n) is 5.50. The molecule has 0 radical (unpaired) electrons. The fraction of sp³-hybridized carbons (Fsp3) is 0.375. The predicted octanol–water partition coefficient (Wildman–Crippen LogP) is 3.27. The van der Waals surface area contributed by atoms with Gasteiger partial charge in [-0.2, -0.15) is 0 Å². The van der Waals surface area contributed by atoms with E-state index >= 15 is 0 Å². The van der Waals surface area contributed by atoms with Crippen molar-refractivity contribution in [1.82, 2.24) is 4.98 Å². The van der Waals surface area contributed by atoms with E-state index in [1.807, 2.05) is 0 Å². The number of pyridine rings is 1. The minimum absolute atomic E-state index is 0.0735. The maximum atomic E-state index is 11.6. The van der Waals surface area contributed by atoms with Crippen molar-refractivity contribution in [3.05, 3.63) is 35.4 Å². The van der Waals surface area contributed by atoms with Crippen LogP contribution in [0, 0.1) is 0 Å². The van der Waals surface area contributed by atoms with Crippen LogP contribution in [0.5, 0.6) is 0 Å². The van der Waals surface area contributed by atoms with Gasteiger partial charge in [-0.3, -0.25) is 9.69 Å². The van der Waals surface area contributed by atoms with Crippen molar-refractivity contribution in [2.24, 2.45) is 0 Å². The Balaban J connectivity index is 2.15. The van der Waals surface area contributed by atoms with Crippen molar-refractivity contribution in [1.29, 1.82) is 0 Å². The molecule has 0 aliphatic carbocycles. The van der Waals surface area contributed by atoms with E-state index in [4.69, 9.17) is 0 Å². The summed E-state index contributed by atoms with van der Waals surface area (Å²) in [5, 5.41) is 1.18. The Labute approximate surface area is 113 Å². The van der Waals surface area contributed by atoms with E-state index in [-0.39, 0.29) is 5.91 Å². The summed E-state index contributed by atoms with van der Waals surface area (Å²) < 4.78 is 0. The van der Waals surface area contributed by atoms with Gasteiger partial charge < -0.3 is 0 Å². The van der Waals surface area contributed by atoms with Crippen LogP contribution in [0.2, 0.25) is 0 Å². The highest BCUT2D eigenvalue weighted by Gasteiger charge is 2.24. The predicted molar refractivity (Wildman–Crippen MR) is 77.6 cm³/mol. The number of rotatable bonds is 1. The van der Waals surface area contributed by atoms with E-state index in [9.17, 15) is 4.79 Å². The minimum atomic E-state index is 0.0735. The lowest BCUT2D eigenvalue weighted by molar-refractivity contribution is -0.116. The summed E-state index contributed by atoms with van der Waals surface area (Å²) in [6, 6.07) is 8.58. The number of carbonyl (C=O) groups excluding carboxylic acids is 1. The summed E-state index contributed by atoms with van der Waals surface area (Å²) in [7, 11) is 0. The van der Waals surface area contributed by atoms with Crippen LogP contribution in [0.3, 0.4) is 0 Å². The van der Waals surface area contributed by atoms with Gasteiger partial charge in [-0.1, -0.05) is 19.9 Å². The summed E-state index contributed by atoms with van der Waals surface area (Å²) in [6.45, 7) is 6.74. The van der Waals surface area contributed by atoms with E-state index in [1.165, 1.54) is 16.5 Å². The van der Waals surface area contributed by atoms with E-state index in [1.54, 1.807) is 11.8 Å². The van der Waals surface area contributed by atoms with Crippen molar-refractivity contribution in [3.8, 4) is 0 Å². The summed E-state index contributed by atoms with van der Waals surface area (Å²) in [4.78, 5) is 18.0. The molecule has 0 spiro atoms. The van der Waals surface area contributed by atoms with Gasteiger partial charge in [-0.05, 0) is 41.7 Å². The fourth-order valence-corrected chi connectivity index (χ4v) is 2.65. The fourth-order valence-electron chi connectivity index (χ4n) is 2.65. The van der Waals surface area contributed by atoms with Crippen molar-refractivity contribution in [2.45, 2.75) is 33.1 Å². The Hall–Kier alpha value is -1.90. The zero-order chi connectivity index (χ0) is 13.6. The number of nitrogens with zero attached hydrogens (tertiary/aromatic N) is 2. The highest BCUT2D eigenvalue weighted by Crippen LogP contribution is 2.30. The molecule has 0 atom stereocenters. The number of anilines is 1. The third-order valence-electron chi connectivity index (χ3n) is 3.80. The van der Waals surface area contributed by atoms with Gasteiger partial charge in [0.15, 0.2) is 0 Å². The highest BCUT2D eigenvalue weighted by molar-refractivity contribution is 5.95. The van der Waals surface area contributed by atoms with Gasteiger partial charge in [0.05, 0.1) is 5.52 Å². The van der Waals surface area contributed by atoms with Gasteiger partial charge in [-0.15, -0.1) is 0 Å². The molecular weight excluding hydrogens is 236 g/mol. The minimum Gasteiger partial charge on any atom is -0.296 e. The van der Waals surface area contributed by atoms with Crippen LogP contribution in [-0.2, 0) is 11.2 Å². The molecule has 0 fully saturated rings. The molecule has 1 aliphatic heterocycles. The van der Waals surface area contributed by atoms with Crippen LogP contribution in [0.1, 0.15) is 37.8 Å². The topological polar surface area (TPSA) is 33.2 Å². The van der Waals surface area contributed by atoms with Crippen molar-refractivity contribution in [2.75, 3.05) is 11.4 Å². The molecule has 3 rings (SSSR count). The standard InChI is InChI=1S/C16H18N2O/c1-10(2)12-4-5-15-14(8-12)9-13-6-7-18(11(3)19)16(13)17-15/h4-5,8-10H,6-7H2,1-3H3. The van der Waals surface area contributed by atoms with E-state index < -0.39 is 0 Å². The molecular formula is C16H18N2O. The molecule has 3 nitrogen and oxygen atoms in total. The summed E-state index contributed by atoms with van der Waals surface area (Å²) in [5.41, 5.74) is 3.48. The average molecular weight is 254 g/mol. The number of carbonyl (C=O) groups is 1. The number of hydrogen-bond donors (Lipinski definition) is 0. The monoisotopic (exact) mass is 254 g/mol. The smallest absolute Gasteiger partial charge is 0.225 e. The Kier molecular flexibility index (Phi) is 2.77. The molecule has 3 heteroatoms. The van der Waals surface area contributed by atoms with Crippen molar-refractivity contribution in [3.63, 3.8) is 0 Å². The van der Waals surface area contributed by atoms with Gasteiger partial charge >= 0.3 is 0 Å². The maximum Gasteiger partial charge on any atom is 0.225 e. The number of aromatic nitrogens is 1. The first-order valence-corrected chi connectivity index (χ1v) is 6.78. The first kappa shape index (κ1) is 12.2. The quantitative estimate of drug-likeness (QED) is 0.782. The zero-order valence-corrected chi connectivity index (χ0v) is 11.6. The zero-order valence-electron chi connectivity index (χ0n) is 11.6. The third kappa shape index (κ3) is 1.99. The highest BCUT2D eigenvalue weighted by atomic mass is 16.2. The molecule has 0 saturated heterocycles. The number of fused-ring (bicyclic) bond motifs is 2. The summed E-state index contributed by atoms with van der Waals surface area (Å²) in [5.74, 6) is 1.44. The molecule has 1 aliphatic rings. The maximum absolute atomic E-state index is 11.6. The van der Waals surface area contributed by atoms with Crippen LogP contribution >= 0.6 is 0 Å². The lowest BCUT2D eigenvalue weighted by Gasteiger charge is -2.14. The molecule has 2 aromatic rings. The van der Waals surface area contributed by atoms with Gasteiger partial charge in [0.25, 0.3) is 0 Å². The molecule has 19 heavy (non-hydrogen) atoms. The lowest BCUT2D eigenvalue weighted by atomic mass is 10.0. The molecule has 1 aromatic heterocycles. The second kappa shape index (κ2) is 4.34. The Morgan fingerprint density at radius 2 is 2.11 bits per heavy atom.